The first-order chi connectivity index (χ1) is 10.9. The van der Waals surface area contributed by atoms with Crippen LogP contribution in [-0.2, 0) is 16.0 Å². The van der Waals surface area contributed by atoms with Crippen molar-refractivity contribution in [3.63, 3.8) is 0 Å². The van der Waals surface area contributed by atoms with Crippen molar-refractivity contribution < 1.29 is 9.59 Å². The molecule has 1 amide bonds. The zero-order chi connectivity index (χ0) is 17.4. The summed E-state index contributed by atoms with van der Waals surface area (Å²) in [6.45, 7) is 7.94. The normalized spacial score (nSPS) is 12.2. The highest BCUT2D eigenvalue weighted by Gasteiger charge is 2.12. The van der Waals surface area contributed by atoms with Crippen molar-refractivity contribution in [3.05, 3.63) is 51.0 Å². The van der Waals surface area contributed by atoms with Gasteiger partial charge in [-0.15, -0.1) is 0 Å². The van der Waals surface area contributed by atoms with Crippen LogP contribution in [0, 0.1) is 13.8 Å². The molecule has 23 heavy (non-hydrogen) atoms. The van der Waals surface area contributed by atoms with Crippen LogP contribution in [0.5, 0.6) is 0 Å². The summed E-state index contributed by atoms with van der Waals surface area (Å²) in [5.74, 6) is -0.138. The molecule has 0 spiro atoms. The summed E-state index contributed by atoms with van der Waals surface area (Å²) in [6, 6.07) is 3.92. The number of hydrogen-bond acceptors (Lipinski definition) is 2. The van der Waals surface area contributed by atoms with E-state index in [0.717, 1.165) is 34.0 Å². The Morgan fingerprint density at radius 1 is 1.30 bits per heavy atom. The van der Waals surface area contributed by atoms with Gasteiger partial charge in [0.25, 0.3) is 5.91 Å². The number of rotatable bonds is 7. The quantitative estimate of drug-likeness (QED) is 0.412. The third kappa shape index (κ3) is 5.47. The molecule has 0 aliphatic rings. The number of hydrogen-bond donors (Lipinski definition) is 1. The number of carbonyl (C=O) groups is 2. The second kappa shape index (κ2) is 9.46. The fourth-order valence-electron chi connectivity index (χ4n) is 2.32. The molecular weight excluding hydrogens is 354 g/mol. The summed E-state index contributed by atoms with van der Waals surface area (Å²) >= 11 is 3.46. The minimum atomic E-state index is -0.138. The number of amides is 1. The van der Waals surface area contributed by atoms with Crippen LogP contribution in [0.1, 0.15) is 43.4 Å². The fraction of sp³-hybridized carbons (Fsp3) is 0.368. The summed E-state index contributed by atoms with van der Waals surface area (Å²) < 4.78 is 0.873. The van der Waals surface area contributed by atoms with Crippen molar-refractivity contribution in [2.24, 2.45) is 0 Å². The summed E-state index contributed by atoms with van der Waals surface area (Å²) in [7, 11) is 0. The maximum Gasteiger partial charge on any atom is 0.256 e. The Hall–Kier alpha value is -1.68. The van der Waals surface area contributed by atoms with Crippen LogP contribution in [-0.4, -0.2) is 12.2 Å². The van der Waals surface area contributed by atoms with E-state index in [1.165, 1.54) is 5.56 Å². The molecule has 0 atom stereocenters. The number of anilines is 1. The Bertz CT molecular complexity index is 645. The molecule has 3 nitrogen and oxygen atoms in total. The van der Waals surface area contributed by atoms with Gasteiger partial charge in [0.15, 0.2) is 0 Å². The van der Waals surface area contributed by atoms with Gasteiger partial charge in [0.1, 0.15) is 6.29 Å². The van der Waals surface area contributed by atoms with Crippen LogP contribution < -0.4 is 5.32 Å². The van der Waals surface area contributed by atoms with E-state index < -0.39 is 0 Å². The minimum absolute atomic E-state index is 0.138. The molecule has 0 fully saturated rings. The van der Waals surface area contributed by atoms with Crippen molar-refractivity contribution >= 4 is 33.8 Å². The molecule has 0 aliphatic heterocycles. The van der Waals surface area contributed by atoms with Gasteiger partial charge in [0.05, 0.1) is 0 Å². The molecule has 1 rings (SSSR count). The maximum atomic E-state index is 12.5. The highest BCUT2D eigenvalue weighted by molar-refractivity contribution is 9.11. The van der Waals surface area contributed by atoms with E-state index >= 15 is 0 Å². The largest absolute Gasteiger partial charge is 0.322 e. The van der Waals surface area contributed by atoms with Gasteiger partial charge in [-0.1, -0.05) is 35.0 Å². The molecule has 0 radical (unpaired) electrons. The molecule has 124 valence electrons. The summed E-state index contributed by atoms with van der Waals surface area (Å²) in [4.78, 5) is 23.1. The molecule has 0 aliphatic carbocycles. The highest BCUT2D eigenvalue weighted by atomic mass is 79.9. The van der Waals surface area contributed by atoms with Gasteiger partial charge in [0.2, 0.25) is 0 Å². The molecule has 0 saturated heterocycles. The zero-order valence-corrected chi connectivity index (χ0v) is 15.8. The Morgan fingerprint density at radius 2 is 2.00 bits per heavy atom. The van der Waals surface area contributed by atoms with Crippen LogP contribution in [0.15, 0.2) is 34.3 Å². The number of aryl methyl sites for hydroxylation is 2. The van der Waals surface area contributed by atoms with Gasteiger partial charge < -0.3 is 10.1 Å². The van der Waals surface area contributed by atoms with Crippen LogP contribution in [0.4, 0.5) is 5.69 Å². The lowest BCUT2D eigenvalue weighted by Crippen LogP contribution is -2.15. The number of halogens is 1. The SMILES string of the molecule is C/C=C\C(C(=O)Nc1cc(C)c(C)c(CCC=O)c1)=C(\Br)CC. The van der Waals surface area contributed by atoms with Crippen LogP contribution in [0.25, 0.3) is 0 Å². The Kier molecular flexibility index (Phi) is 7.96. The summed E-state index contributed by atoms with van der Waals surface area (Å²) in [5, 5.41) is 2.96. The number of carbonyl (C=O) groups excluding carboxylic acids is 2. The molecule has 0 saturated carbocycles. The first-order valence-electron chi connectivity index (χ1n) is 7.81. The van der Waals surface area contributed by atoms with E-state index in [1.54, 1.807) is 6.08 Å². The minimum Gasteiger partial charge on any atom is -0.322 e. The fourth-order valence-corrected chi connectivity index (χ4v) is 2.64. The molecular formula is C19H24BrNO2. The van der Waals surface area contributed by atoms with E-state index in [2.05, 4.69) is 21.2 Å². The lowest BCUT2D eigenvalue weighted by molar-refractivity contribution is -0.112. The van der Waals surface area contributed by atoms with Gasteiger partial charge in [-0.05, 0) is 62.4 Å². The van der Waals surface area contributed by atoms with Gasteiger partial charge in [-0.25, -0.2) is 0 Å². The first-order valence-corrected chi connectivity index (χ1v) is 8.60. The van der Waals surface area contributed by atoms with Crippen molar-refractivity contribution in [1.29, 1.82) is 0 Å². The van der Waals surface area contributed by atoms with Crippen molar-refractivity contribution in [1.82, 2.24) is 0 Å². The maximum absolute atomic E-state index is 12.5. The van der Waals surface area contributed by atoms with Gasteiger partial charge in [-0.2, -0.15) is 0 Å². The lowest BCUT2D eigenvalue weighted by atomic mass is 9.98. The predicted octanol–water partition coefficient (Wildman–Crippen LogP) is 5.01. The number of nitrogens with one attached hydrogen (secondary N) is 1. The van der Waals surface area contributed by atoms with Crippen molar-refractivity contribution in [2.45, 2.75) is 47.0 Å². The summed E-state index contributed by atoms with van der Waals surface area (Å²) in [6.07, 6.45) is 6.51. The molecule has 1 aromatic carbocycles. The van der Waals surface area contributed by atoms with Crippen molar-refractivity contribution in [2.75, 3.05) is 5.32 Å². The Balaban J connectivity index is 3.10. The van der Waals surface area contributed by atoms with Gasteiger partial charge >= 0.3 is 0 Å². The van der Waals surface area contributed by atoms with Crippen LogP contribution in [0.3, 0.4) is 0 Å². The number of benzene rings is 1. The Labute approximate surface area is 147 Å². The molecule has 0 bridgehead atoms. The molecule has 1 aromatic rings. The van der Waals surface area contributed by atoms with Gasteiger partial charge in [-0.3, -0.25) is 4.79 Å². The Morgan fingerprint density at radius 3 is 2.57 bits per heavy atom. The number of allylic oxidation sites excluding steroid dienone is 2. The molecule has 4 heteroatoms. The topological polar surface area (TPSA) is 46.2 Å². The van der Waals surface area contributed by atoms with Crippen LogP contribution >= 0.6 is 15.9 Å². The molecule has 0 unspecified atom stereocenters. The molecule has 0 heterocycles. The molecule has 0 aromatic heterocycles. The second-order valence-corrected chi connectivity index (χ2v) is 6.37. The monoisotopic (exact) mass is 377 g/mol. The average Bonchev–Trinajstić information content (AvgIpc) is 2.53. The van der Waals surface area contributed by atoms with E-state index in [0.29, 0.717) is 18.4 Å². The average molecular weight is 378 g/mol. The summed E-state index contributed by atoms with van der Waals surface area (Å²) in [5.41, 5.74) is 4.76. The zero-order valence-electron chi connectivity index (χ0n) is 14.2. The number of aldehydes is 1. The van der Waals surface area contributed by atoms with E-state index in [9.17, 15) is 9.59 Å². The molecule has 1 N–H and O–H groups in total. The van der Waals surface area contributed by atoms with Crippen LogP contribution in [0.2, 0.25) is 0 Å². The standard InChI is InChI=1S/C19H24BrNO2/c1-5-8-17(18(20)6-2)19(23)21-16-11-13(3)14(4)15(12-16)9-7-10-22/h5,8,10-12H,6-7,9H2,1-4H3,(H,21,23)/b8-5-,18-17-. The van der Waals surface area contributed by atoms with Gasteiger partial charge in [0, 0.05) is 22.2 Å². The first kappa shape index (κ1) is 19.4. The predicted molar refractivity (Wildman–Crippen MR) is 100.0 cm³/mol. The second-order valence-electron chi connectivity index (χ2n) is 5.41. The van der Waals surface area contributed by atoms with E-state index in [4.69, 9.17) is 0 Å². The third-order valence-corrected chi connectivity index (χ3v) is 4.73. The third-order valence-electron chi connectivity index (χ3n) is 3.74. The lowest BCUT2D eigenvalue weighted by Gasteiger charge is -2.13. The highest BCUT2D eigenvalue weighted by Crippen LogP contribution is 2.23. The van der Waals surface area contributed by atoms with Crippen molar-refractivity contribution in [3.8, 4) is 0 Å². The van der Waals surface area contributed by atoms with E-state index in [-0.39, 0.29) is 5.91 Å². The van der Waals surface area contributed by atoms with E-state index in [1.807, 2.05) is 45.9 Å². The smallest absolute Gasteiger partial charge is 0.256 e.